The lowest BCUT2D eigenvalue weighted by Crippen LogP contribution is -2.70. The summed E-state index contributed by atoms with van der Waals surface area (Å²) in [6, 6.07) is 0.0872. The predicted octanol–water partition coefficient (Wildman–Crippen LogP) is 2.21. The molecule has 0 aromatic carbocycles. The van der Waals surface area contributed by atoms with Crippen LogP contribution >= 0.6 is 11.8 Å². The Kier molecular flexibility index (Phi) is 7.62. The van der Waals surface area contributed by atoms with E-state index in [0.29, 0.717) is 16.9 Å². The van der Waals surface area contributed by atoms with Crippen molar-refractivity contribution < 1.29 is 18.7 Å². The Bertz CT molecular complexity index is 862. The quantitative estimate of drug-likeness (QED) is 0.426. The largest absolute Gasteiger partial charge is 0.379 e. The number of carbonyl (C=O) groups excluding carboxylic acids is 2. The third-order valence-electron chi connectivity index (χ3n) is 9.34. The summed E-state index contributed by atoms with van der Waals surface area (Å²) in [5.41, 5.74) is 0.317. The molecule has 36 heavy (non-hydrogen) atoms. The number of ketones is 1. The molecule has 7 nitrogen and oxygen atoms in total. The van der Waals surface area contributed by atoms with E-state index in [1.54, 1.807) is 0 Å². The van der Waals surface area contributed by atoms with E-state index in [4.69, 9.17) is 4.74 Å². The van der Waals surface area contributed by atoms with Gasteiger partial charge in [0.15, 0.2) is 5.78 Å². The molecule has 2 aliphatic carbocycles. The molecule has 0 spiro atoms. The molecule has 6 aliphatic rings. The Morgan fingerprint density at radius 1 is 1.11 bits per heavy atom. The second-order valence-electron chi connectivity index (χ2n) is 11.5. The van der Waals surface area contributed by atoms with Crippen molar-refractivity contribution in [1.82, 2.24) is 20.0 Å². The molecule has 3 saturated heterocycles. The highest BCUT2D eigenvalue weighted by molar-refractivity contribution is 8.00. The van der Waals surface area contributed by atoms with Gasteiger partial charge in [-0.25, -0.2) is 4.39 Å². The number of morpholine rings is 1. The number of thioether (sulfide) groups is 1. The first-order valence-corrected chi connectivity index (χ1v) is 15.2. The number of likely N-dealkylation sites (tertiary alicyclic amines) is 1. The zero-order valence-corrected chi connectivity index (χ0v) is 22.1. The summed E-state index contributed by atoms with van der Waals surface area (Å²) in [7, 11) is 0. The lowest BCUT2D eigenvalue weighted by Gasteiger charge is -2.59. The molecular formula is C27H41FN4O3S. The number of ether oxygens (including phenoxy) is 1. The first-order chi connectivity index (χ1) is 17.6. The third kappa shape index (κ3) is 4.74. The van der Waals surface area contributed by atoms with Crippen LogP contribution in [0.25, 0.3) is 0 Å². The van der Waals surface area contributed by atoms with Crippen LogP contribution < -0.4 is 5.32 Å². The fourth-order valence-electron chi connectivity index (χ4n) is 7.47. The predicted molar refractivity (Wildman–Crippen MR) is 139 cm³/mol. The van der Waals surface area contributed by atoms with Crippen molar-refractivity contribution in [2.75, 3.05) is 52.5 Å². The van der Waals surface area contributed by atoms with E-state index < -0.39 is 12.1 Å². The molecule has 1 amide bonds. The summed E-state index contributed by atoms with van der Waals surface area (Å²) in [6.07, 6.45) is 8.69. The van der Waals surface area contributed by atoms with Crippen molar-refractivity contribution in [2.24, 2.45) is 5.92 Å². The Balaban J connectivity index is 1.21. The van der Waals surface area contributed by atoms with Gasteiger partial charge < -0.3 is 19.9 Å². The van der Waals surface area contributed by atoms with Crippen LogP contribution in [0.3, 0.4) is 0 Å². The zero-order chi connectivity index (χ0) is 24.6. The fourth-order valence-corrected chi connectivity index (χ4v) is 9.56. The van der Waals surface area contributed by atoms with Crippen LogP contribution in [-0.2, 0) is 14.3 Å². The van der Waals surface area contributed by atoms with Gasteiger partial charge >= 0.3 is 0 Å². The first kappa shape index (κ1) is 25.1. The van der Waals surface area contributed by atoms with Crippen LogP contribution in [0.2, 0.25) is 0 Å². The standard InChI is InChI=1S/C27H41FN4O3S/c28-20-16-18-24-26(23(20)29-8-5-9-30-12-14-35-15-13-30)36-22-7-2-1-6-21(22)32(24)17-19(25(18)33)27(34)31-10-3-4-11-31/h17-18,20-24,26,29H,1-16H2. The molecule has 2 saturated carbocycles. The Hall–Kier alpha value is -1.16. The Morgan fingerprint density at radius 2 is 1.89 bits per heavy atom. The van der Waals surface area contributed by atoms with Crippen molar-refractivity contribution >= 4 is 23.5 Å². The van der Waals surface area contributed by atoms with Gasteiger partial charge in [-0.15, -0.1) is 11.8 Å². The summed E-state index contributed by atoms with van der Waals surface area (Å²) in [5, 5.41) is 4.07. The lowest BCUT2D eigenvalue weighted by atomic mass is 9.72. The van der Waals surface area contributed by atoms with Gasteiger partial charge in [0, 0.05) is 54.8 Å². The lowest BCUT2D eigenvalue weighted by molar-refractivity contribution is -0.133. The van der Waals surface area contributed by atoms with Crippen LogP contribution in [-0.4, -0.2) is 114 Å². The molecule has 0 bridgehead atoms. The maximum Gasteiger partial charge on any atom is 0.258 e. The minimum absolute atomic E-state index is 0.0132. The minimum atomic E-state index is -1.07. The van der Waals surface area contributed by atoms with Crippen molar-refractivity contribution in [2.45, 2.75) is 86.2 Å². The number of amides is 1. The Labute approximate surface area is 218 Å². The molecule has 7 unspecified atom stereocenters. The number of hydrogen-bond acceptors (Lipinski definition) is 7. The average molecular weight is 521 g/mol. The number of halogens is 1. The molecular weight excluding hydrogens is 479 g/mol. The maximum absolute atomic E-state index is 15.8. The van der Waals surface area contributed by atoms with Gasteiger partial charge in [-0.3, -0.25) is 14.5 Å². The van der Waals surface area contributed by atoms with Gasteiger partial charge in [-0.2, -0.15) is 0 Å². The average Bonchev–Trinajstić information content (AvgIpc) is 3.44. The van der Waals surface area contributed by atoms with Crippen molar-refractivity contribution in [3.63, 3.8) is 0 Å². The van der Waals surface area contributed by atoms with Crippen LogP contribution in [0.5, 0.6) is 0 Å². The summed E-state index contributed by atoms with van der Waals surface area (Å²) < 4.78 is 21.3. The number of hydrogen-bond donors (Lipinski definition) is 1. The zero-order valence-electron chi connectivity index (χ0n) is 21.3. The molecule has 4 heterocycles. The SMILES string of the molecule is O=C1C(C(=O)N2CCCC2)=CN2C3CCCCC3SC3C(NCCCN4CCOCC4)C(F)CC1C32. The molecule has 0 aromatic rings. The molecule has 9 heteroatoms. The van der Waals surface area contributed by atoms with Gasteiger partial charge in [0.25, 0.3) is 5.91 Å². The highest BCUT2D eigenvalue weighted by atomic mass is 32.2. The molecule has 200 valence electrons. The summed E-state index contributed by atoms with van der Waals surface area (Å²) in [5.74, 6) is -0.656. The van der Waals surface area contributed by atoms with E-state index in [1.807, 2.05) is 22.9 Å². The van der Waals surface area contributed by atoms with Gasteiger partial charge in [-0.05, 0) is 51.6 Å². The summed E-state index contributed by atoms with van der Waals surface area (Å²) in [4.78, 5) is 33.7. The Morgan fingerprint density at radius 3 is 2.69 bits per heavy atom. The van der Waals surface area contributed by atoms with E-state index in [2.05, 4.69) is 15.1 Å². The van der Waals surface area contributed by atoms with Crippen LogP contribution in [0, 0.1) is 5.92 Å². The maximum atomic E-state index is 15.8. The minimum Gasteiger partial charge on any atom is -0.379 e. The number of nitrogens with zero attached hydrogens (tertiary/aromatic N) is 3. The number of carbonyl (C=O) groups is 2. The second kappa shape index (κ2) is 10.9. The molecule has 5 fully saturated rings. The number of Topliss-reactive ketones (excluding diaryl/α,β-unsaturated/α-hetero) is 1. The number of alkyl halides is 1. The third-order valence-corrected chi connectivity index (χ3v) is 11.1. The van der Waals surface area contributed by atoms with Crippen LogP contribution in [0.1, 0.15) is 51.4 Å². The van der Waals surface area contributed by atoms with E-state index in [1.165, 1.54) is 12.8 Å². The highest BCUT2D eigenvalue weighted by Crippen LogP contribution is 2.51. The number of rotatable bonds is 6. The first-order valence-electron chi connectivity index (χ1n) is 14.3. The summed E-state index contributed by atoms with van der Waals surface area (Å²) in [6.45, 7) is 6.79. The van der Waals surface area contributed by atoms with Gasteiger partial charge in [0.2, 0.25) is 0 Å². The topological polar surface area (TPSA) is 65.1 Å². The molecule has 6 rings (SSSR count). The van der Waals surface area contributed by atoms with E-state index >= 15 is 4.39 Å². The van der Waals surface area contributed by atoms with Crippen molar-refractivity contribution in [3.05, 3.63) is 11.8 Å². The molecule has 0 aromatic heterocycles. The molecule has 1 N–H and O–H groups in total. The van der Waals surface area contributed by atoms with Crippen molar-refractivity contribution in [3.8, 4) is 0 Å². The van der Waals surface area contributed by atoms with Gasteiger partial charge in [0.1, 0.15) is 6.17 Å². The van der Waals surface area contributed by atoms with E-state index in [9.17, 15) is 9.59 Å². The number of fused-ring (bicyclic) bond motifs is 2. The highest BCUT2D eigenvalue weighted by Gasteiger charge is 2.58. The van der Waals surface area contributed by atoms with E-state index in [-0.39, 0.29) is 35.4 Å². The fraction of sp³-hybridized carbons (Fsp3) is 0.852. The summed E-state index contributed by atoms with van der Waals surface area (Å²) >= 11 is 1.94. The van der Waals surface area contributed by atoms with Crippen molar-refractivity contribution in [1.29, 1.82) is 0 Å². The molecule has 7 atom stereocenters. The van der Waals surface area contributed by atoms with Gasteiger partial charge in [-0.1, -0.05) is 12.8 Å². The monoisotopic (exact) mass is 520 g/mol. The smallest absolute Gasteiger partial charge is 0.258 e. The number of nitrogens with one attached hydrogen (secondary N) is 1. The second-order valence-corrected chi connectivity index (χ2v) is 12.9. The van der Waals surface area contributed by atoms with Gasteiger partial charge in [0.05, 0.1) is 30.9 Å². The molecule has 4 aliphatic heterocycles. The van der Waals surface area contributed by atoms with Crippen LogP contribution in [0.4, 0.5) is 4.39 Å². The van der Waals surface area contributed by atoms with Crippen LogP contribution in [0.15, 0.2) is 11.8 Å². The van der Waals surface area contributed by atoms with E-state index in [0.717, 1.165) is 84.6 Å². The normalized spacial score (nSPS) is 39.0. The molecule has 0 radical (unpaired) electrons.